The Morgan fingerprint density at radius 2 is 0.982 bits per heavy atom. The van der Waals surface area contributed by atoms with Crippen molar-refractivity contribution >= 4 is 19.8 Å². The van der Waals surface area contributed by atoms with Crippen LogP contribution in [-0.2, 0) is 32.7 Å². The number of rotatable bonds is 34. The number of hydrogen-bond donors (Lipinski definition) is 6. The van der Waals surface area contributed by atoms with Crippen LogP contribution in [0, 0.1) is 0 Å². The topological polar surface area (TPSA) is 210 Å². The zero-order valence-electron chi connectivity index (χ0n) is 34.6. The number of phosphoric ester groups is 1. The molecule has 0 heterocycles. The van der Waals surface area contributed by atoms with E-state index in [1.165, 1.54) is 51.4 Å². The van der Waals surface area contributed by atoms with E-state index < -0.39 is 75.7 Å². The first kappa shape index (κ1) is 52.8. The Labute approximate surface area is 341 Å². The molecule has 0 spiro atoms. The Hall–Kier alpha value is -2.19. The number of hydrogen-bond acceptors (Lipinski definition) is 12. The van der Waals surface area contributed by atoms with Crippen molar-refractivity contribution in [2.24, 2.45) is 0 Å². The molecule has 0 aromatic carbocycles. The van der Waals surface area contributed by atoms with Crippen LogP contribution in [0.1, 0.15) is 155 Å². The second-order valence-corrected chi connectivity index (χ2v) is 16.2. The van der Waals surface area contributed by atoms with Crippen LogP contribution in [0.4, 0.5) is 0 Å². The normalized spacial score (nSPS) is 23.2. The standard InChI is InChI=1S/C43H75O13P/c1-3-5-7-9-11-13-15-16-17-18-19-20-22-23-25-27-29-31-36(44)53-33-35(55-37(45)32-30-28-26-24-21-14-12-10-8-6-4-2)34-54-57(51,52)56-43-41(49)39(47)38(46)40(48)42(43)50/h10,12,16-17,19-20,23,25,35,38-43,46-50H,3-9,11,13-15,18,21-22,24,26-34H2,1-2H3,(H,51,52)/b12-10+,17-16+,20-19+,25-23+/t35-,38?,39-,40?,41?,42?,43?/m0/s1. The highest BCUT2D eigenvalue weighted by atomic mass is 31.2. The molecule has 1 rings (SSSR count). The number of carbonyl (C=O) groups is 2. The maximum absolute atomic E-state index is 12.8. The van der Waals surface area contributed by atoms with Crippen LogP contribution in [0.2, 0.25) is 0 Å². The molecule has 57 heavy (non-hydrogen) atoms. The number of carbonyl (C=O) groups excluding carboxylic acids is 2. The molecule has 6 N–H and O–H groups in total. The molecule has 0 saturated heterocycles. The first-order valence-electron chi connectivity index (χ1n) is 21.4. The van der Waals surface area contributed by atoms with Gasteiger partial charge in [0.05, 0.1) is 6.61 Å². The molecule has 1 aliphatic carbocycles. The lowest BCUT2D eigenvalue weighted by molar-refractivity contribution is -0.220. The predicted molar refractivity (Wildman–Crippen MR) is 221 cm³/mol. The van der Waals surface area contributed by atoms with Crippen LogP contribution in [0.25, 0.3) is 0 Å². The molecule has 6 unspecified atom stereocenters. The van der Waals surface area contributed by atoms with E-state index >= 15 is 0 Å². The monoisotopic (exact) mass is 830 g/mol. The first-order valence-corrected chi connectivity index (χ1v) is 22.9. The van der Waals surface area contributed by atoms with E-state index in [1.54, 1.807) is 0 Å². The van der Waals surface area contributed by atoms with Crippen LogP contribution in [0.3, 0.4) is 0 Å². The number of ether oxygens (including phenoxy) is 2. The van der Waals surface area contributed by atoms with Crippen molar-refractivity contribution in [2.75, 3.05) is 13.2 Å². The molecule has 1 aliphatic rings. The summed E-state index contributed by atoms with van der Waals surface area (Å²) in [4.78, 5) is 35.5. The van der Waals surface area contributed by atoms with Gasteiger partial charge in [0.15, 0.2) is 6.10 Å². The van der Waals surface area contributed by atoms with Gasteiger partial charge in [-0.15, -0.1) is 0 Å². The molecule has 0 aromatic rings. The molecule has 1 fully saturated rings. The van der Waals surface area contributed by atoms with Crippen molar-refractivity contribution in [3.05, 3.63) is 48.6 Å². The van der Waals surface area contributed by atoms with Crippen molar-refractivity contribution in [1.29, 1.82) is 0 Å². The van der Waals surface area contributed by atoms with E-state index in [0.717, 1.165) is 57.8 Å². The molecule has 0 aromatic heterocycles. The van der Waals surface area contributed by atoms with Gasteiger partial charge < -0.3 is 39.9 Å². The molecule has 13 nitrogen and oxygen atoms in total. The molecular formula is C43H75O13P. The lowest BCUT2D eigenvalue weighted by atomic mass is 9.85. The highest BCUT2D eigenvalue weighted by Crippen LogP contribution is 2.47. The largest absolute Gasteiger partial charge is 0.472 e. The van der Waals surface area contributed by atoms with E-state index in [1.807, 2.05) is 12.2 Å². The van der Waals surface area contributed by atoms with E-state index in [0.29, 0.717) is 19.3 Å². The van der Waals surface area contributed by atoms with Gasteiger partial charge in [-0.05, 0) is 64.2 Å². The Morgan fingerprint density at radius 3 is 1.56 bits per heavy atom. The summed E-state index contributed by atoms with van der Waals surface area (Å²) >= 11 is 0. The minimum atomic E-state index is -5.13. The van der Waals surface area contributed by atoms with E-state index in [9.17, 15) is 44.6 Å². The SMILES string of the molecule is CCCC/C=C/CCCCCCCC(=O)O[C@@H](COC(=O)CCC/C=C/C/C=C/C/C=C/CCCCCCCC)COP(=O)(O)OC1C(O)C(O)C(O)[C@H](O)C1O. The molecule has 0 aliphatic heterocycles. The fourth-order valence-electron chi connectivity index (χ4n) is 6.11. The van der Waals surface area contributed by atoms with Gasteiger partial charge in [-0.3, -0.25) is 18.6 Å². The van der Waals surface area contributed by atoms with Crippen molar-refractivity contribution in [3.8, 4) is 0 Å². The fourth-order valence-corrected chi connectivity index (χ4v) is 7.08. The van der Waals surface area contributed by atoms with Crippen LogP contribution in [0.5, 0.6) is 0 Å². The Bertz CT molecular complexity index is 1190. The molecular weight excluding hydrogens is 755 g/mol. The maximum atomic E-state index is 12.8. The van der Waals surface area contributed by atoms with Gasteiger partial charge in [-0.1, -0.05) is 127 Å². The van der Waals surface area contributed by atoms with Gasteiger partial charge in [0.25, 0.3) is 0 Å². The third-order valence-electron chi connectivity index (χ3n) is 9.64. The molecule has 14 heteroatoms. The van der Waals surface area contributed by atoms with Crippen molar-refractivity contribution in [1.82, 2.24) is 0 Å². The van der Waals surface area contributed by atoms with Gasteiger partial charge in [0.2, 0.25) is 0 Å². The second-order valence-electron chi connectivity index (χ2n) is 14.8. The summed E-state index contributed by atoms with van der Waals surface area (Å²) in [5.74, 6) is -1.18. The Balaban J connectivity index is 2.53. The highest BCUT2D eigenvalue weighted by Gasteiger charge is 2.51. The lowest BCUT2D eigenvalue weighted by Crippen LogP contribution is -2.64. The summed E-state index contributed by atoms with van der Waals surface area (Å²) in [6.07, 6.45) is 24.8. The minimum Gasteiger partial charge on any atom is -0.462 e. The zero-order valence-corrected chi connectivity index (χ0v) is 35.5. The summed E-state index contributed by atoms with van der Waals surface area (Å²) in [6, 6.07) is 0. The van der Waals surface area contributed by atoms with Crippen LogP contribution in [-0.4, -0.2) is 98.3 Å². The number of aliphatic hydroxyl groups excluding tert-OH is 5. The fraction of sp³-hybridized carbons (Fsp3) is 0.767. The summed E-state index contributed by atoms with van der Waals surface area (Å²) in [6.45, 7) is 3.17. The number of allylic oxidation sites excluding steroid dienone is 8. The Kier molecular flexibility index (Phi) is 31.2. The van der Waals surface area contributed by atoms with E-state index in [4.69, 9.17) is 18.5 Å². The quantitative estimate of drug-likeness (QED) is 0.0160. The van der Waals surface area contributed by atoms with Crippen LogP contribution in [0.15, 0.2) is 48.6 Å². The summed E-state index contributed by atoms with van der Waals surface area (Å²) in [5, 5.41) is 50.0. The van der Waals surface area contributed by atoms with Crippen molar-refractivity contribution < 1.29 is 63.1 Å². The molecule has 8 atom stereocenters. The van der Waals surface area contributed by atoms with Crippen molar-refractivity contribution in [2.45, 2.75) is 198 Å². The Morgan fingerprint density at radius 1 is 0.544 bits per heavy atom. The second kappa shape index (κ2) is 33.6. The maximum Gasteiger partial charge on any atom is 0.472 e. The highest BCUT2D eigenvalue weighted by molar-refractivity contribution is 7.47. The van der Waals surface area contributed by atoms with Gasteiger partial charge in [-0.25, -0.2) is 4.57 Å². The van der Waals surface area contributed by atoms with E-state index in [-0.39, 0.29) is 12.8 Å². The number of unbranched alkanes of at least 4 members (excludes halogenated alkanes) is 14. The van der Waals surface area contributed by atoms with Gasteiger partial charge in [-0.2, -0.15) is 0 Å². The third kappa shape index (κ3) is 26.5. The first-order chi connectivity index (χ1) is 27.4. The summed E-state index contributed by atoms with van der Waals surface area (Å²) < 4.78 is 33.3. The molecule has 0 bridgehead atoms. The van der Waals surface area contributed by atoms with Gasteiger partial charge in [0, 0.05) is 12.8 Å². The van der Waals surface area contributed by atoms with Crippen LogP contribution >= 0.6 is 7.82 Å². The smallest absolute Gasteiger partial charge is 0.462 e. The number of aliphatic hydroxyl groups is 5. The predicted octanol–water partition coefficient (Wildman–Crippen LogP) is 7.61. The summed E-state index contributed by atoms with van der Waals surface area (Å²) in [5.41, 5.74) is 0. The van der Waals surface area contributed by atoms with Gasteiger partial charge in [0.1, 0.15) is 43.2 Å². The number of esters is 2. The van der Waals surface area contributed by atoms with Gasteiger partial charge >= 0.3 is 19.8 Å². The molecule has 1 saturated carbocycles. The third-order valence-corrected chi connectivity index (χ3v) is 10.6. The number of phosphoric acid groups is 1. The van der Waals surface area contributed by atoms with Crippen LogP contribution < -0.4 is 0 Å². The minimum absolute atomic E-state index is 0.0741. The average Bonchev–Trinajstić information content (AvgIpc) is 3.19. The lowest BCUT2D eigenvalue weighted by Gasteiger charge is -2.41. The average molecular weight is 831 g/mol. The molecule has 0 amide bonds. The zero-order chi connectivity index (χ0) is 42.2. The molecule has 0 radical (unpaired) electrons. The van der Waals surface area contributed by atoms with E-state index in [2.05, 4.69) is 50.3 Å². The van der Waals surface area contributed by atoms with Crippen molar-refractivity contribution in [3.63, 3.8) is 0 Å². The molecule has 330 valence electrons. The summed E-state index contributed by atoms with van der Waals surface area (Å²) in [7, 11) is -5.13.